The fourth-order valence-electron chi connectivity index (χ4n) is 2.87. The molecule has 26 heavy (non-hydrogen) atoms. The molecule has 2 atom stereocenters. The topological polar surface area (TPSA) is 97.8 Å². The number of aromatic nitrogens is 1. The number of carbonyl (C=O) groups is 2. The highest BCUT2D eigenvalue weighted by Crippen LogP contribution is 2.27. The Bertz CT molecular complexity index is 768. The molecular weight excluding hydrogens is 356 g/mol. The van der Waals surface area contributed by atoms with Crippen LogP contribution >= 0.6 is 11.3 Å². The van der Waals surface area contributed by atoms with E-state index in [1.165, 1.54) is 17.5 Å². The zero-order valence-electron chi connectivity index (χ0n) is 14.3. The molecule has 8 heteroatoms. The molecule has 1 fully saturated rings. The quantitative estimate of drug-likeness (QED) is 0.804. The number of carboxylic acids is 1. The molecule has 2 unspecified atom stereocenters. The molecule has 1 aliphatic rings. The minimum absolute atomic E-state index is 0.223. The van der Waals surface area contributed by atoms with E-state index in [9.17, 15) is 14.7 Å². The lowest BCUT2D eigenvalue weighted by Gasteiger charge is -2.27. The van der Waals surface area contributed by atoms with Crippen molar-refractivity contribution in [2.45, 2.75) is 18.9 Å². The molecule has 0 bridgehead atoms. The van der Waals surface area contributed by atoms with Crippen molar-refractivity contribution in [1.82, 2.24) is 10.3 Å². The second kappa shape index (κ2) is 8.29. The Morgan fingerprint density at radius 2 is 2.15 bits per heavy atom. The second-order valence-electron chi connectivity index (χ2n) is 6.02. The van der Waals surface area contributed by atoms with Crippen LogP contribution in [0.5, 0.6) is 5.75 Å². The van der Waals surface area contributed by atoms with E-state index < -0.39 is 17.9 Å². The van der Waals surface area contributed by atoms with Crippen LogP contribution in [0.1, 0.15) is 22.5 Å². The van der Waals surface area contributed by atoms with Crippen molar-refractivity contribution >= 4 is 23.2 Å². The number of nitrogens with zero attached hydrogens (tertiary/aromatic N) is 1. The van der Waals surface area contributed by atoms with Crippen LogP contribution in [0.3, 0.4) is 0 Å². The number of rotatable bonds is 6. The first-order valence-corrected chi connectivity index (χ1v) is 9.12. The summed E-state index contributed by atoms with van der Waals surface area (Å²) in [5.74, 6) is -0.963. The van der Waals surface area contributed by atoms with E-state index in [4.69, 9.17) is 9.47 Å². The highest BCUT2D eigenvalue weighted by molar-refractivity contribution is 7.16. The lowest BCUT2D eigenvalue weighted by Crippen LogP contribution is -2.48. The molecule has 1 aliphatic heterocycles. The predicted molar refractivity (Wildman–Crippen MR) is 96.5 cm³/mol. The van der Waals surface area contributed by atoms with Gasteiger partial charge in [-0.1, -0.05) is 0 Å². The van der Waals surface area contributed by atoms with Crippen molar-refractivity contribution in [1.29, 1.82) is 0 Å². The summed E-state index contributed by atoms with van der Waals surface area (Å²) in [6.07, 6.45) is 2.99. The number of carboxylic acid groups (broad SMARTS) is 1. The van der Waals surface area contributed by atoms with Gasteiger partial charge in [0.1, 0.15) is 21.7 Å². The lowest BCUT2D eigenvalue weighted by molar-refractivity contribution is -0.142. The summed E-state index contributed by atoms with van der Waals surface area (Å²) in [6, 6.07) is 6.40. The van der Waals surface area contributed by atoms with E-state index in [-0.39, 0.29) is 5.92 Å². The first-order valence-electron chi connectivity index (χ1n) is 8.30. The maximum absolute atomic E-state index is 12.5. The summed E-state index contributed by atoms with van der Waals surface area (Å²) in [6.45, 7) is 0.980. The number of thiazole rings is 1. The molecule has 7 nitrogen and oxygen atoms in total. The molecule has 3 rings (SSSR count). The first kappa shape index (κ1) is 18.3. The molecule has 1 amide bonds. The maximum atomic E-state index is 12.5. The molecule has 2 N–H and O–H groups in total. The monoisotopic (exact) mass is 376 g/mol. The third kappa shape index (κ3) is 4.20. The zero-order chi connectivity index (χ0) is 18.5. The molecule has 0 spiro atoms. The molecular formula is C18H20N2O5S. The number of methoxy groups -OCH3 is 1. The van der Waals surface area contributed by atoms with Crippen molar-refractivity contribution in [3.8, 4) is 16.3 Å². The Morgan fingerprint density at radius 1 is 1.38 bits per heavy atom. The van der Waals surface area contributed by atoms with Gasteiger partial charge in [-0.3, -0.25) is 4.79 Å². The molecule has 2 heterocycles. The summed E-state index contributed by atoms with van der Waals surface area (Å²) in [4.78, 5) is 28.7. The molecule has 138 valence electrons. The van der Waals surface area contributed by atoms with Gasteiger partial charge >= 0.3 is 5.97 Å². The minimum atomic E-state index is -1.05. The van der Waals surface area contributed by atoms with Gasteiger partial charge in [0, 0.05) is 18.1 Å². The average Bonchev–Trinajstić information content (AvgIpc) is 3.17. The van der Waals surface area contributed by atoms with Crippen molar-refractivity contribution in [3.05, 3.63) is 35.3 Å². The standard InChI is InChI=1S/C18H20N2O5S/c1-24-13-6-4-11(5-7-13)17-19-9-14(26-17)16(21)20-15(18(22)23)12-3-2-8-25-10-12/h4-7,9,12,15H,2-3,8,10H2,1H3,(H,20,21)(H,22,23). The summed E-state index contributed by atoms with van der Waals surface area (Å²) < 4.78 is 10.5. The van der Waals surface area contributed by atoms with Crippen LogP contribution in [-0.2, 0) is 9.53 Å². The van der Waals surface area contributed by atoms with E-state index >= 15 is 0 Å². The predicted octanol–water partition coefficient (Wildman–Crippen LogP) is 2.43. The van der Waals surface area contributed by atoms with Gasteiger partial charge in [0.2, 0.25) is 0 Å². The van der Waals surface area contributed by atoms with Gasteiger partial charge in [0.05, 0.1) is 19.9 Å². The molecule has 0 saturated carbocycles. The molecule has 0 aliphatic carbocycles. The van der Waals surface area contributed by atoms with Crippen LogP contribution in [0.2, 0.25) is 0 Å². The van der Waals surface area contributed by atoms with Crippen LogP contribution in [0.15, 0.2) is 30.5 Å². The number of aliphatic carboxylic acids is 1. The summed E-state index contributed by atoms with van der Waals surface area (Å²) in [5.41, 5.74) is 0.866. The number of nitrogens with one attached hydrogen (secondary N) is 1. The highest BCUT2D eigenvalue weighted by atomic mass is 32.1. The van der Waals surface area contributed by atoms with Crippen LogP contribution < -0.4 is 10.1 Å². The minimum Gasteiger partial charge on any atom is -0.497 e. The van der Waals surface area contributed by atoms with Gasteiger partial charge in [-0.2, -0.15) is 0 Å². The number of carbonyl (C=O) groups excluding carboxylic acids is 1. The zero-order valence-corrected chi connectivity index (χ0v) is 15.1. The largest absolute Gasteiger partial charge is 0.497 e. The summed E-state index contributed by atoms with van der Waals surface area (Å²) in [5, 5.41) is 12.8. The van der Waals surface area contributed by atoms with Crippen LogP contribution in [-0.4, -0.2) is 48.3 Å². The molecule has 1 aromatic carbocycles. The fraction of sp³-hybridized carbons (Fsp3) is 0.389. The van der Waals surface area contributed by atoms with Gasteiger partial charge in [-0.15, -0.1) is 11.3 Å². The highest BCUT2D eigenvalue weighted by Gasteiger charge is 2.32. The number of hydrogen-bond donors (Lipinski definition) is 2. The van der Waals surface area contributed by atoms with E-state index in [0.717, 1.165) is 24.2 Å². The average molecular weight is 376 g/mol. The normalized spacial score (nSPS) is 18.1. The Labute approximate surface area is 155 Å². The molecule has 1 aromatic heterocycles. The molecule has 1 saturated heterocycles. The van der Waals surface area contributed by atoms with Gasteiger partial charge in [-0.05, 0) is 37.1 Å². The number of amides is 1. The second-order valence-corrected chi connectivity index (χ2v) is 7.06. The van der Waals surface area contributed by atoms with Crippen molar-refractivity contribution in [2.24, 2.45) is 5.92 Å². The van der Waals surface area contributed by atoms with Crippen molar-refractivity contribution < 1.29 is 24.2 Å². The Kier molecular flexibility index (Phi) is 5.85. The van der Waals surface area contributed by atoms with Crippen LogP contribution in [0, 0.1) is 5.92 Å². The number of ether oxygens (including phenoxy) is 2. The lowest BCUT2D eigenvalue weighted by atomic mass is 9.93. The fourth-order valence-corrected chi connectivity index (χ4v) is 3.69. The van der Waals surface area contributed by atoms with Crippen molar-refractivity contribution in [2.75, 3.05) is 20.3 Å². The molecule has 2 aromatic rings. The summed E-state index contributed by atoms with van der Waals surface area (Å²) in [7, 11) is 1.59. The first-order chi connectivity index (χ1) is 12.6. The Balaban J connectivity index is 1.70. The number of benzene rings is 1. The van der Waals surface area contributed by atoms with E-state index in [1.54, 1.807) is 7.11 Å². The van der Waals surface area contributed by atoms with Gasteiger partial charge in [0.15, 0.2) is 0 Å². The smallest absolute Gasteiger partial charge is 0.326 e. The Hall–Kier alpha value is -2.45. The van der Waals surface area contributed by atoms with Gasteiger partial charge in [-0.25, -0.2) is 9.78 Å². The maximum Gasteiger partial charge on any atom is 0.326 e. The Morgan fingerprint density at radius 3 is 2.77 bits per heavy atom. The van der Waals surface area contributed by atoms with E-state index in [1.807, 2.05) is 24.3 Å². The summed E-state index contributed by atoms with van der Waals surface area (Å²) >= 11 is 1.22. The van der Waals surface area contributed by atoms with Crippen molar-refractivity contribution in [3.63, 3.8) is 0 Å². The van der Waals surface area contributed by atoms with Crippen LogP contribution in [0.4, 0.5) is 0 Å². The third-order valence-corrected chi connectivity index (χ3v) is 5.33. The van der Waals surface area contributed by atoms with Gasteiger partial charge in [0.25, 0.3) is 5.91 Å². The number of hydrogen-bond acceptors (Lipinski definition) is 6. The van der Waals surface area contributed by atoms with Crippen LogP contribution in [0.25, 0.3) is 10.6 Å². The molecule has 0 radical (unpaired) electrons. The van der Waals surface area contributed by atoms with Gasteiger partial charge < -0.3 is 19.9 Å². The van der Waals surface area contributed by atoms with E-state index in [2.05, 4.69) is 10.3 Å². The van der Waals surface area contributed by atoms with E-state index in [0.29, 0.717) is 23.1 Å². The SMILES string of the molecule is COc1ccc(-c2ncc(C(=O)NC(C(=O)O)C3CCCOC3)s2)cc1. The third-order valence-electron chi connectivity index (χ3n) is 4.29.